The summed E-state index contributed by atoms with van der Waals surface area (Å²) < 4.78 is 37.1. The zero-order chi connectivity index (χ0) is 12.5. The maximum atomic E-state index is 12.4. The van der Waals surface area contributed by atoms with Gasteiger partial charge in [-0.3, -0.25) is 9.69 Å². The van der Waals surface area contributed by atoms with Crippen LogP contribution in [0.4, 0.5) is 13.2 Å². The van der Waals surface area contributed by atoms with Crippen molar-refractivity contribution in [3.63, 3.8) is 0 Å². The summed E-state index contributed by atoms with van der Waals surface area (Å²) in [6, 6.07) is 0.105. The molecule has 2 aliphatic rings. The highest BCUT2D eigenvalue weighted by Crippen LogP contribution is 2.32. The van der Waals surface area contributed by atoms with Crippen molar-refractivity contribution in [3.05, 3.63) is 0 Å². The molecular weight excluding hydrogens is 231 g/mol. The first kappa shape index (κ1) is 12.9. The molecule has 0 radical (unpaired) electrons. The van der Waals surface area contributed by atoms with Crippen LogP contribution in [0.2, 0.25) is 0 Å². The van der Waals surface area contributed by atoms with Crippen LogP contribution in [0.1, 0.15) is 38.5 Å². The molecule has 98 valence electrons. The summed E-state index contributed by atoms with van der Waals surface area (Å²) >= 11 is 0. The molecule has 0 amide bonds. The first-order valence-electron chi connectivity index (χ1n) is 6.29. The molecule has 5 heteroatoms. The second-order valence-electron chi connectivity index (χ2n) is 5.16. The second kappa shape index (κ2) is 4.96. The van der Waals surface area contributed by atoms with Crippen LogP contribution in [0.25, 0.3) is 0 Å². The van der Waals surface area contributed by atoms with Crippen molar-refractivity contribution in [2.45, 2.75) is 50.7 Å². The van der Waals surface area contributed by atoms with Gasteiger partial charge < -0.3 is 0 Å². The van der Waals surface area contributed by atoms with Crippen LogP contribution in [-0.2, 0) is 4.79 Å². The van der Waals surface area contributed by atoms with Crippen LogP contribution >= 0.6 is 0 Å². The molecule has 2 fully saturated rings. The molecule has 0 spiro atoms. The highest BCUT2D eigenvalue weighted by molar-refractivity contribution is 5.82. The van der Waals surface area contributed by atoms with E-state index in [9.17, 15) is 18.0 Å². The Kier molecular flexibility index (Phi) is 3.76. The minimum atomic E-state index is -4.12. The van der Waals surface area contributed by atoms with Crippen LogP contribution in [-0.4, -0.2) is 36.0 Å². The van der Waals surface area contributed by atoms with Crippen LogP contribution in [0.5, 0.6) is 0 Å². The van der Waals surface area contributed by atoms with E-state index in [1.807, 2.05) is 0 Å². The van der Waals surface area contributed by atoms with Crippen LogP contribution in [0.3, 0.4) is 0 Å². The van der Waals surface area contributed by atoms with E-state index in [0.717, 1.165) is 25.7 Å². The Hall–Kier alpha value is -0.580. The quantitative estimate of drug-likeness (QED) is 0.746. The number of rotatable bonds is 5. The van der Waals surface area contributed by atoms with Crippen molar-refractivity contribution >= 4 is 5.78 Å². The molecule has 0 saturated heterocycles. The number of carbonyl (C=O) groups is 1. The van der Waals surface area contributed by atoms with E-state index in [2.05, 4.69) is 0 Å². The van der Waals surface area contributed by atoms with Gasteiger partial charge in [-0.2, -0.15) is 13.2 Å². The van der Waals surface area contributed by atoms with Gasteiger partial charge in [0.2, 0.25) is 0 Å². The maximum Gasteiger partial charge on any atom is 0.401 e. The minimum Gasteiger partial charge on any atom is -0.299 e. The van der Waals surface area contributed by atoms with Gasteiger partial charge in [0.25, 0.3) is 0 Å². The summed E-state index contributed by atoms with van der Waals surface area (Å²) in [6.07, 6.45) is 0.611. The third-order valence-electron chi connectivity index (χ3n) is 3.64. The Morgan fingerprint density at radius 2 is 1.94 bits per heavy atom. The van der Waals surface area contributed by atoms with Gasteiger partial charge in [-0.25, -0.2) is 0 Å². The zero-order valence-corrected chi connectivity index (χ0v) is 9.80. The number of hydrogen-bond acceptors (Lipinski definition) is 2. The SMILES string of the molecule is O=C1CCCC1CCN(CC(F)(F)F)C1CC1. The van der Waals surface area contributed by atoms with Crippen LogP contribution in [0, 0.1) is 5.92 Å². The number of ketones is 1. The van der Waals surface area contributed by atoms with Crippen molar-refractivity contribution in [2.75, 3.05) is 13.1 Å². The van der Waals surface area contributed by atoms with Crippen molar-refractivity contribution in [1.82, 2.24) is 4.90 Å². The van der Waals surface area contributed by atoms with Crippen molar-refractivity contribution in [2.24, 2.45) is 5.92 Å². The third kappa shape index (κ3) is 3.98. The summed E-state index contributed by atoms with van der Waals surface area (Å²) in [5.74, 6) is 0.261. The maximum absolute atomic E-state index is 12.4. The topological polar surface area (TPSA) is 20.3 Å². The first-order chi connectivity index (χ1) is 7.96. The molecule has 0 N–H and O–H groups in total. The monoisotopic (exact) mass is 249 g/mol. The summed E-state index contributed by atoms with van der Waals surface area (Å²) in [4.78, 5) is 12.9. The second-order valence-corrected chi connectivity index (χ2v) is 5.16. The number of nitrogens with zero attached hydrogens (tertiary/aromatic N) is 1. The normalized spacial score (nSPS) is 25.9. The van der Waals surface area contributed by atoms with Crippen molar-refractivity contribution in [3.8, 4) is 0 Å². The van der Waals surface area contributed by atoms with Gasteiger partial charge in [-0.1, -0.05) is 0 Å². The average Bonchev–Trinajstić information content (AvgIpc) is 2.97. The summed E-state index contributed by atoms with van der Waals surface area (Å²) in [5.41, 5.74) is 0. The Balaban J connectivity index is 1.79. The Morgan fingerprint density at radius 3 is 2.41 bits per heavy atom. The van der Waals surface area contributed by atoms with Gasteiger partial charge in [0.15, 0.2) is 0 Å². The summed E-state index contributed by atoms with van der Waals surface area (Å²) in [6.45, 7) is -0.404. The Bertz CT molecular complexity index is 286. The van der Waals surface area contributed by atoms with E-state index in [-0.39, 0.29) is 17.7 Å². The number of Topliss-reactive ketones (excluding diaryl/α,β-unsaturated/α-hetero) is 1. The fourth-order valence-electron chi connectivity index (χ4n) is 2.58. The first-order valence-corrected chi connectivity index (χ1v) is 6.29. The van der Waals surface area contributed by atoms with Crippen LogP contribution in [0.15, 0.2) is 0 Å². The molecular formula is C12H18F3NO. The third-order valence-corrected chi connectivity index (χ3v) is 3.64. The summed E-state index contributed by atoms with van der Waals surface area (Å²) in [7, 11) is 0. The predicted octanol–water partition coefficient (Wildman–Crippen LogP) is 2.77. The zero-order valence-electron chi connectivity index (χ0n) is 9.80. The van der Waals surface area contributed by atoms with E-state index in [0.29, 0.717) is 19.4 Å². The molecule has 0 bridgehead atoms. The molecule has 0 aromatic rings. The van der Waals surface area contributed by atoms with E-state index >= 15 is 0 Å². The average molecular weight is 249 g/mol. The number of halogens is 3. The van der Waals surface area contributed by atoms with Gasteiger partial charge in [-0.15, -0.1) is 0 Å². The van der Waals surface area contributed by atoms with E-state index in [4.69, 9.17) is 0 Å². The lowest BCUT2D eigenvalue weighted by Gasteiger charge is -2.24. The summed E-state index contributed by atoms with van der Waals surface area (Å²) in [5, 5.41) is 0. The van der Waals surface area contributed by atoms with Crippen molar-refractivity contribution < 1.29 is 18.0 Å². The molecule has 2 nitrogen and oxygen atoms in total. The smallest absolute Gasteiger partial charge is 0.299 e. The van der Waals surface area contributed by atoms with Gasteiger partial charge >= 0.3 is 6.18 Å². The van der Waals surface area contributed by atoms with E-state index in [1.54, 1.807) is 0 Å². The molecule has 1 atom stereocenters. The van der Waals surface area contributed by atoms with Gasteiger partial charge in [-0.05, 0) is 38.6 Å². The molecule has 0 aliphatic heterocycles. The molecule has 0 heterocycles. The molecule has 17 heavy (non-hydrogen) atoms. The fourth-order valence-corrected chi connectivity index (χ4v) is 2.58. The number of hydrogen-bond donors (Lipinski definition) is 0. The minimum absolute atomic E-state index is 0.0180. The lowest BCUT2D eigenvalue weighted by atomic mass is 10.0. The molecule has 2 aliphatic carbocycles. The van der Waals surface area contributed by atoms with E-state index in [1.165, 1.54) is 4.90 Å². The fraction of sp³-hybridized carbons (Fsp3) is 0.917. The molecule has 2 rings (SSSR count). The standard InChI is InChI=1S/C12H18F3NO/c13-12(14,15)8-16(10-4-5-10)7-6-9-2-1-3-11(9)17/h9-10H,1-8H2. The highest BCUT2D eigenvalue weighted by atomic mass is 19.4. The van der Waals surface area contributed by atoms with Crippen LogP contribution < -0.4 is 0 Å². The predicted molar refractivity (Wildman–Crippen MR) is 57.6 cm³/mol. The Morgan fingerprint density at radius 1 is 1.24 bits per heavy atom. The van der Waals surface area contributed by atoms with Gasteiger partial charge in [0.05, 0.1) is 6.54 Å². The van der Waals surface area contributed by atoms with Gasteiger partial charge in [0, 0.05) is 18.4 Å². The lowest BCUT2D eigenvalue weighted by Crippen LogP contribution is -2.37. The van der Waals surface area contributed by atoms with Crippen molar-refractivity contribution in [1.29, 1.82) is 0 Å². The molecule has 1 unspecified atom stereocenters. The number of carbonyl (C=O) groups excluding carboxylic acids is 1. The molecule has 0 aromatic carbocycles. The van der Waals surface area contributed by atoms with Gasteiger partial charge in [0.1, 0.15) is 5.78 Å². The Labute approximate surface area is 99.2 Å². The highest BCUT2D eigenvalue weighted by Gasteiger charge is 2.38. The lowest BCUT2D eigenvalue weighted by molar-refractivity contribution is -0.147. The van der Waals surface area contributed by atoms with E-state index < -0.39 is 12.7 Å². The number of alkyl halides is 3. The largest absolute Gasteiger partial charge is 0.401 e. The molecule has 0 aromatic heterocycles. The molecule has 2 saturated carbocycles.